The molecule has 0 spiro atoms. The van der Waals surface area contributed by atoms with Gasteiger partial charge in [0.05, 0.1) is 19.8 Å². The summed E-state index contributed by atoms with van der Waals surface area (Å²) in [6.07, 6.45) is 1.51. The minimum Gasteiger partial charge on any atom is -0.496 e. The Bertz CT molecular complexity index is 615. The fourth-order valence-electron chi connectivity index (χ4n) is 1.78. The van der Waals surface area contributed by atoms with E-state index >= 15 is 0 Å². The predicted molar refractivity (Wildman–Crippen MR) is 68.5 cm³/mol. The Kier molecular flexibility index (Phi) is 3.66. The smallest absolute Gasteiger partial charge is 0.355 e. The molecule has 0 radical (unpaired) electrons. The standard InChI is InChI=1S/C14H13NO4/c1-18-12-8-4-3-6-10(12)13(16)15-9-5-7-11(15)14(17)19-2/h3-9H,1-2H3. The number of benzene rings is 1. The topological polar surface area (TPSA) is 57.5 Å². The number of hydrogen-bond donors (Lipinski definition) is 0. The summed E-state index contributed by atoms with van der Waals surface area (Å²) in [4.78, 5) is 24.0. The molecule has 1 aromatic heterocycles. The highest BCUT2D eigenvalue weighted by Crippen LogP contribution is 2.19. The van der Waals surface area contributed by atoms with E-state index in [-0.39, 0.29) is 11.6 Å². The van der Waals surface area contributed by atoms with E-state index in [1.807, 2.05) is 0 Å². The molecule has 2 rings (SSSR count). The summed E-state index contributed by atoms with van der Waals surface area (Å²) in [6, 6.07) is 9.97. The number of para-hydroxylation sites is 1. The quantitative estimate of drug-likeness (QED) is 0.791. The van der Waals surface area contributed by atoms with Crippen LogP contribution < -0.4 is 4.74 Å². The van der Waals surface area contributed by atoms with Gasteiger partial charge in [0.15, 0.2) is 0 Å². The normalized spacial score (nSPS) is 10.0. The highest BCUT2D eigenvalue weighted by molar-refractivity contribution is 6.02. The summed E-state index contributed by atoms with van der Waals surface area (Å²) in [5.74, 6) is -0.451. The van der Waals surface area contributed by atoms with Crippen molar-refractivity contribution >= 4 is 11.9 Å². The minimum absolute atomic E-state index is 0.179. The third-order valence-corrected chi connectivity index (χ3v) is 2.70. The Labute approximate surface area is 110 Å². The molecule has 0 aliphatic carbocycles. The average Bonchev–Trinajstić information content (AvgIpc) is 2.95. The van der Waals surface area contributed by atoms with Crippen molar-refractivity contribution in [1.82, 2.24) is 4.57 Å². The van der Waals surface area contributed by atoms with Crippen molar-refractivity contribution in [1.29, 1.82) is 0 Å². The summed E-state index contributed by atoms with van der Waals surface area (Å²) in [5.41, 5.74) is 0.560. The van der Waals surface area contributed by atoms with Crippen LogP contribution in [0.5, 0.6) is 5.75 Å². The molecule has 98 valence electrons. The summed E-state index contributed by atoms with van der Waals surface area (Å²) in [5, 5.41) is 0. The first-order chi connectivity index (χ1) is 9.19. The van der Waals surface area contributed by atoms with Crippen molar-refractivity contribution in [3.63, 3.8) is 0 Å². The van der Waals surface area contributed by atoms with Gasteiger partial charge in [0.25, 0.3) is 5.91 Å². The predicted octanol–water partition coefficient (Wildman–Crippen LogP) is 1.97. The third-order valence-electron chi connectivity index (χ3n) is 2.70. The molecule has 0 N–H and O–H groups in total. The summed E-state index contributed by atoms with van der Waals surface area (Å²) < 4.78 is 11.0. The van der Waals surface area contributed by atoms with E-state index in [2.05, 4.69) is 4.74 Å². The molecule has 0 amide bonds. The zero-order valence-electron chi connectivity index (χ0n) is 10.6. The van der Waals surface area contributed by atoms with Gasteiger partial charge in [-0.25, -0.2) is 4.79 Å². The van der Waals surface area contributed by atoms with Crippen LogP contribution in [-0.4, -0.2) is 30.7 Å². The summed E-state index contributed by atoms with van der Waals surface area (Å²) >= 11 is 0. The highest BCUT2D eigenvalue weighted by Gasteiger charge is 2.19. The Morgan fingerprint density at radius 3 is 2.47 bits per heavy atom. The van der Waals surface area contributed by atoms with Crippen molar-refractivity contribution in [3.05, 3.63) is 53.9 Å². The van der Waals surface area contributed by atoms with Crippen LogP contribution in [0.3, 0.4) is 0 Å². The van der Waals surface area contributed by atoms with E-state index in [1.165, 1.54) is 31.0 Å². The van der Waals surface area contributed by atoms with Gasteiger partial charge in [0.1, 0.15) is 11.4 Å². The first kappa shape index (κ1) is 12.9. The van der Waals surface area contributed by atoms with Crippen LogP contribution in [0.1, 0.15) is 20.8 Å². The van der Waals surface area contributed by atoms with Crippen LogP contribution in [0.25, 0.3) is 0 Å². The van der Waals surface area contributed by atoms with Crippen molar-refractivity contribution in [2.75, 3.05) is 14.2 Å². The second-order valence-corrected chi connectivity index (χ2v) is 3.76. The van der Waals surface area contributed by atoms with Gasteiger partial charge < -0.3 is 9.47 Å². The fraction of sp³-hybridized carbons (Fsp3) is 0.143. The Hall–Kier alpha value is -2.56. The molecular weight excluding hydrogens is 246 g/mol. The maximum atomic E-state index is 12.4. The van der Waals surface area contributed by atoms with E-state index in [1.54, 1.807) is 30.3 Å². The third kappa shape index (κ3) is 2.35. The lowest BCUT2D eigenvalue weighted by molar-refractivity contribution is 0.0583. The lowest BCUT2D eigenvalue weighted by Gasteiger charge is -2.09. The van der Waals surface area contributed by atoms with Gasteiger partial charge in [-0.15, -0.1) is 0 Å². The number of nitrogens with zero attached hydrogens (tertiary/aromatic N) is 1. The first-order valence-corrected chi connectivity index (χ1v) is 5.62. The van der Waals surface area contributed by atoms with E-state index in [0.717, 1.165) is 0 Å². The van der Waals surface area contributed by atoms with E-state index in [9.17, 15) is 9.59 Å². The molecule has 1 heterocycles. The summed E-state index contributed by atoms with van der Waals surface area (Å²) in [6.45, 7) is 0. The average molecular weight is 259 g/mol. The van der Waals surface area contributed by atoms with Crippen molar-refractivity contribution in [2.45, 2.75) is 0 Å². The zero-order chi connectivity index (χ0) is 13.8. The Morgan fingerprint density at radius 2 is 1.79 bits per heavy atom. The van der Waals surface area contributed by atoms with Crippen LogP contribution in [0, 0.1) is 0 Å². The highest BCUT2D eigenvalue weighted by atomic mass is 16.5. The molecule has 0 aliphatic rings. The van der Waals surface area contributed by atoms with Gasteiger partial charge in [-0.3, -0.25) is 9.36 Å². The number of methoxy groups -OCH3 is 2. The van der Waals surface area contributed by atoms with E-state index in [4.69, 9.17) is 4.74 Å². The molecule has 1 aromatic carbocycles. The zero-order valence-corrected chi connectivity index (χ0v) is 10.6. The molecule has 0 unspecified atom stereocenters. The van der Waals surface area contributed by atoms with Gasteiger partial charge in [0, 0.05) is 6.20 Å². The number of rotatable bonds is 3. The molecule has 0 fully saturated rings. The van der Waals surface area contributed by atoms with Crippen molar-refractivity contribution in [2.24, 2.45) is 0 Å². The lowest BCUT2D eigenvalue weighted by Crippen LogP contribution is -2.18. The second-order valence-electron chi connectivity index (χ2n) is 3.76. The first-order valence-electron chi connectivity index (χ1n) is 5.62. The monoisotopic (exact) mass is 259 g/mol. The molecule has 19 heavy (non-hydrogen) atoms. The number of esters is 1. The van der Waals surface area contributed by atoms with Crippen LogP contribution in [0.15, 0.2) is 42.6 Å². The Balaban J connectivity index is 2.45. The molecule has 5 nitrogen and oxygen atoms in total. The molecular formula is C14H13NO4. The lowest BCUT2D eigenvalue weighted by atomic mass is 10.2. The van der Waals surface area contributed by atoms with Crippen LogP contribution >= 0.6 is 0 Å². The van der Waals surface area contributed by atoms with Gasteiger partial charge >= 0.3 is 5.97 Å². The number of carbonyl (C=O) groups is 2. The second kappa shape index (κ2) is 5.39. The van der Waals surface area contributed by atoms with Crippen LogP contribution in [0.4, 0.5) is 0 Å². The molecule has 5 heteroatoms. The molecule has 2 aromatic rings. The largest absolute Gasteiger partial charge is 0.496 e. The molecule has 0 bridgehead atoms. The van der Waals surface area contributed by atoms with Crippen molar-refractivity contribution in [3.8, 4) is 5.75 Å². The number of ether oxygens (including phenoxy) is 2. The molecule has 0 saturated heterocycles. The van der Waals surface area contributed by atoms with Crippen LogP contribution in [-0.2, 0) is 4.74 Å². The SMILES string of the molecule is COC(=O)c1cccn1C(=O)c1ccccc1OC. The summed E-state index contributed by atoms with van der Waals surface area (Å²) in [7, 11) is 2.76. The number of aromatic nitrogens is 1. The van der Waals surface area contributed by atoms with Gasteiger partial charge in [0.2, 0.25) is 0 Å². The van der Waals surface area contributed by atoms with Crippen LogP contribution in [0.2, 0.25) is 0 Å². The van der Waals surface area contributed by atoms with Gasteiger partial charge in [-0.05, 0) is 24.3 Å². The van der Waals surface area contributed by atoms with E-state index in [0.29, 0.717) is 11.3 Å². The van der Waals surface area contributed by atoms with Crippen molar-refractivity contribution < 1.29 is 19.1 Å². The fourth-order valence-corrected chi connectivity index (χ4v) is 1.78. The van der Waals surface area contributed by atoms with Gasteiger partial charge in [-0.2, -0.15) is 0 Å². The minimum atomic E-state index is -0.562. The molecule has 0 atom stereocenters. The maximum absolute atomic E-state index is 12.4. The number of hydrogen-bond acceptors (Lipinski definition) is 4. The molecule has 0 aliphatic heterocycles. The Morgan fingerprint density at radius 1 is 1.05 bits per heavy atom. The van der Waals surface area contributed by atoms with Gasteiger partial charge in [-0.1, -0.05) is 12.1 Å². The van der Waals surface area contributed by atoms with E-state index < -0.39 is 5.97 Å². The maximum Gasteiger partial charge on any atom is 0.355 e. The molecule has 0 saturated carbocycles. The number of carbonyl (C=O) groups excluding carboxylic acids is 2.